The Labute approximate surface area is 147 Å². The van der Waals surface area contributed by atoms with Crippen molar-refractivity contribution in [2.45, 2.75) is 38.2 Å². The molecule has 1 aromatic carbocycles. The van der Waals surface area contributed by atoms with E-state index >= 15 is 0 Å². The quantitative estimate of drug-likeness (QED) is 0.866. The number of carbonyl (C=O) groups is 1. The Morgan fingerprint density at radius 1 is 1.36 bits per heavy atom. The first-order valence-corrected chi connectivity index (χ1v) is 8.90. The molecule has 5 nitrogen and oxygen atoms in total. The second kappa shape index (κ2) is 6.92. The molecule has 1 aliphatic heterocycles. The molecule has 2 aromatic rings. The summed E-state index contributed by atoms with van der Waals surface area (Å²) in [6, 6.07) is 9.63. The number of aryl methyl sites for hydroxylation is 1. The van der Waals surface area contributed by atoms with E-state index in [1.165, 1.54) is 0 Å². The third-order valence-electron chi connectivity index (χ3n) is 4.88. The standard InChI is InChI=1S/C20H23NO4/c1-13-6-7-17(19(10-13)25-12-14-4-2-8-23-14)21-20(22)16-11-15(16)18-5-3-9-24-18/h3,5-7,9-10,14-16H,2,4,8,11-12H2,1H3,(H,21,22). The number of rotatable bonds is 6. The smallest absolute Gasteiger partial charge is 0.228 e. The van der Waals surface area contributed by atoms with Gasteiger partial charge in [-0.15, -0.1) is 0 Å². The van der Waals surface area contributed by atoms with Crippen LogP contribution in [0.5, 0.6) is 5.75 Å². The fourth-order valence-corrected chi connectivity index (χ4v) is 3.34. The molecule has 2 fully saturated rings. The van der Waals surface area contributed by atoms with Crippen molar-refractivity contribution in [1.29, 1.82) is 0 Å². The van der Waals surface area contributed by atoms with Crippen molar-refractivity contribution in [2.75, 3.05) is 18.5 Å². The molecule has 0 spiro atoms. The lowest BCUT2D eigenvalue weighted by Gasteiger charge is -2.16. The van der Waals surface area contributed by atoms with E-state index in [1.807, 2.05) is 37.3 Å². The Bertz CT molecular complexity index is 734. The summed E-state index contributed by atoms with van der Waals surface area (Å²) in [5, 5.41) is 3.02. The molecule has 2 heterocycles. The molecule has 3 unspecified atom stereocenters. The summed E-state index contributed by atoms with van der Waals surface area (Å²) < 4.78 is 17.0. The van der Waals surface area contributed by atoms with Crippen molar-refractivity contribution in [2.24, 2.45) is 5.92 Å². The summed E-state index contributed by atoms with van der Waals surface area (Å²) in [5.41, 5.74) is 1.82. The molecule has 0 bridgehead atoms. The number of hydrogen-bond donors (Lipinski definition) is 1. The second-order valence-electron chi connectivity index (χ2n) is 6.90. The van der Waals surface area contributed by atoms with Crippen LogP contribution in [-0.4, -0.2) is 25.2 Å². The maximum Gasteiger partial charge on any atom is 0.228 e. The maximum atomic E-state index is 12.5. The highest BCUT2D eigenvalue weighted by atomic mass is 16.5. The SMILES string of the molecule is Cc1ccc(NC(=O)C2CC2c2ccco2)c(OCC2CCCO2)c1. The van der Waals surface area contributed by atoms with Crippen LogP contribution in [-0.2, 0) is 9.53 Å². The second-order valence-corrected chi connectivity index (χ2v) is 6.90. The number of anilines is 1. The molecule has 2 aliphatic rings. The minimum atomic E-state index is -0.0292. The summed E-state index contributed by atoms with van der Waals surface area (Å²) in [6.45, 7) is 3.34. The van der Waals surface area contributed by atoms with E-state index in [9.17, 15) is 4.79 Å². The Morgan fingerprint density at radius 3 is 3.04 bits per heavy atom. The molecule has 1 aliphatic carbocycles. The van der Waals surface area contributed by atoms with Crippen LogP contribution in [0.15, 0.2) is 41.0 Å². The number of benzene rings is 1. The predicted octanol–water partition coefficient (Wildman–Crippen LogP) is 3.89. The molecule has 4 rings (SSSR count). The number of ether oxygens (including phenoxy) is 2. The zero-order valence-electron chi connectivity index (χ0n) is 14.4. The molecule has 3 atom stereocenters. The first-order chi connectivity index (χ1) is 12.2. The average Bonchev–Trinajstić information content (AvgIpc) is 3.02. The number of carbonyl (C=O) groups excluding carboxylic acids is 1. The van der Waals surface area contributed by atoms with Gasteiger partial charge in [0.15, 0.2) is 0 Å². The normalized spacial score (nSPS) is 24.9. The van der Waals surface area contributed by atoms with Gasteiger partial charge >= 0.3 is 0 Å². The molecule has 1 saturated heterocycles. The van der Waals surface area contributed by atoms with E-state index in [0.717, 1.165) is 42.9 Å². The molecular formula is C20H23NO4. The lowest BCUT2D eigenvalue weighted by molar-refractivity contribution is -0.117. The molecule has 1 amide bonds. The van der Waals surface area contributed by atoms with Gasteiger partial charge < -0.3 is 19.2 Å². The van der Waals surface area contributed by atoms with Gasteiger partial charge in [0.05, 0.1) is 18.1 Å². The van der Waals surface area contributed by atoms with Crippen LogP contribution in [0.2, 0.25) is 0 Å². The Hall–Kier alpha value is -2.27. The van der Waals surface area contributed by atoms with Crippen LogP contribution in [0.25, 0.3) is 0 Å². The number of amides is 1. The van der Waals surface area contributed by atoms with Crippen molar-refractivity contribution in [3.8, 4) is 5.75 Å². The molecule has 132 valence electrons. The molecular weight excluding hydrogens is 318 g/mol. The van der Waals surface area contributed by atoms with Crippen molar-refractivity contribution < 1.29 is 18.7 Å². The Morgan fingerprint density at radius 2 is 2.28 bits per heavy atom. The van der Waals surface area contributed by atoms with Crippen molar-refractivity contribution >= 4 is 11.6 Å². The zero-order valence-corrected chi connectivity index (χ0v) is 14.4. The minimum Gasteiger partial charge on any atom is -0.489 e. The molecule has 1 aromatic heterocycles. The Kier molecular flexibility index (Phi) is 4.49. The number of nitrogens with one attached hydrogen (secondary N) is 1. The van der Waals surface area contributed by atoms with E-state index in [1.54, 1.807) is 6.26 Å². The van der Waals surface area contributed by atoms with Gasteiger partial charge in [0.25, 0.3) is 0 Å². The summed E-state index contributed by atoms with van der Waals surface area (Å²) in [7, 11) is 0. The van der Waals surface area contributed by atoms with E-state index < -0.39 is 0 Å². The van der Waals surface area contributed by atoms with Crippen LogP contribution in [0, 0.1) is 12.8 Å². The number of hydrogen-bond acceptors (Lipinski definition) is 4. The average molecular weight is 341 g/mol. The Balaban J connectivity index is 1.40. The highest BCUT2D eigenvalue weighted by Gasteiger charge is 2.46. The van der Waals surface area contributed by atoms with E-state index in [-0.39, 0.29) is 23.8 Å². The maximum absolute atomic E-state index is 12.5. The van der Waals surface area contributed by atoms with Crippen LogP contribution in [0.3, 0.4) is 0 Å². The monoisotopic (exact) mass is 341 g/mol. The highest BCUT2D eigenvalue weighted by molar-refractivity contribution is 5.96. The van der Waals surface area contributed by atoms with E-state index in [0.29, 0.717) is 12.4 Å². The highest BCUT2D eigenvalue weighted by Crippen LogP contribution is 2.48. The van der Waals surface area contributed by atoms with Gasteiger partial charge in [-0.25, -0.2) is 0 Å². The van der Waals surface area contributed by atoms with Crippen LogP contribution in [0.1, 0.15) is 36.5 Å². The zero-order chi connectivity index (χ0) is 17.2. The topological polar surface area (TPSA) is 60.7 Å². The lowest BCUT2D eigenvalue weighted by Crippen LogP contribution is -2.19. The summed E-state index contributed by atoms with van der Waals surface area (Å²) >= 11 is 0. The van der Waals surface area contributed by atoms with E-state index in [4.69, 9.17) is 13.9 Å². The molecule has 1 saturated carbocycles. The molecule has 1 N–H and O–H groups in total. The van der Waals surface area contributed by atoms with Crippen molar-refractivity contribution in [1.82, 2.24) is 0 Å². The van der Waals surface area contributed by atoms with Gasteiger partial charge in [-0.3, -0.25) is 4.79 Å². The molecule has 25 heavy (non-hydrogen) atoms. The molecule has 0 radical (unpaired) electrons. The third-order valence-corrected chi connectivity index (χ3v) is 4.88. The first kappa shape index (κ1) is 16.2. The van der Waals surface area contributed by atoms with Crippen LogP contribution in [0.4, 0.5) is 5.69 Å². The van der Waals surface area contributed by atoms with Crippen molar-refractivity contribution in [3.05, 3.63) is 47.9 Å². The minimum absolute atomic E-state index is 0.0206. The predicted molar refractivity (Wildman–Crippen MR) is 93.8 cm³/mol. The van der Waals surface area contributed by atoms with Crippen LogP contribution >= 0.6 is 0 Å². The first-order valence-electron chi connectivity index (χ1n) is 8.90. The van der Waals surface area contributed by atoms with Gasteiger partial charge in [-0.1, -0.05) is 6.07 Å². The fraction of sp³-hybridized carbons (Fsp3) is 0.450. The van der Waals surface area contributed by atoms with Crippen molar-refractivity contribution in [3.63, 3.8) is 0 Å². The largest absolute Gasteiger partial charge is 0.489 e. The van der Waals surface area contributed by atoms with Gasteiger partial charge in [0, 0.05) is 18.4 Å². The van der Waals surface area contributed by atoms with E-state index in [2.05, 4.69) is 5.32 Å². The fourth-order valence-electron chi connectivity index (χ4n) is 3.34. The third kappa shape index (κ3) is 3.71. The van der Waals surface area contributed by atoms with Gasteiger partial charge in [0.2, 0.25) is 5.91 Å². The van der Waals surface area contributed by atoms with Gasteiger partial charge in [-0.05, 0) is 56.0 Å². The molecule has 5 heteroatoms. The summed E-state index contributed by atoms with van der Waals surface area (Å²) in [5.74, 6) is 1.78. The lowest BCUT2D eigenvalue weighted by atomic mass is 10.2. The van der Waals surface area contributed by atoms with Gasteiger partial charge in [0.1, 0.15) is 18.1 Å². The number of furan rings is 1. The van der Waals surface area contributed by atoms with Crippen LogP contribution < -0.4 is 10.1 Å². The summed E-state index contributed by atoms with van der Waals surface area (Å²) in [4.78, 5) is 12.5. The van der Waals surface area contributed by atoms with Gasteiger partial charge in [-0.2, -0.15) is 0 Å². The summed E-state index contributed by atoms with van der Waals surface area (Å²) in [6.07, 6.45) is 4.74.